The molecule has 74 heavy (non-hydrogen) atoms. The summed E-state index contributed by atoms with van der Waals surface area (Å²) in [6, 6.07) is 46.7. The van der Waals surface area contributed by atoms with Gasteiger partial charge in [-0.05, 0) is 118 Å². The Hall–Kier alpha value is -7.35. The van der Waals surface area contributed by atoms with Crippen molar-refractivity contribution in [2.24, 2.45) is 15.0 Å². The molecule has 11 rings (SSSR count). The molecule has 4 aliphatic heterocycles. The van der Waals surface area contributed by atoms with E-state index in [0.717, 1.165) is 71.5 Å². The molecule has 6 aromatic rings. The molecule has 5 heterocycles. The number of aromatic nitrogens is 1. The number of thioether (sulfide) groups is 1. The summed E-state index contributed by atoms with van der Waals surface area (Å²) in [5, 5.41) is 20.6. The maximum absolute atomic E-state index is 11.2. The van der Waals surface area contributed by atoms with Crippen LogP contribution in [0.4, 0.5) is 22.9 Å². The fourth-order valence-corrected chi connectivity index (χ4v) is 9.26. The van der Waals surface area contributed by atoms with Crippen molar-refractivity contribution in [3.8, 4) is 0 Å². The maximum atomic E-state index is 11.2. The van der Waals surface area contributed by atoms with E-state index in [1.807, 2.05) is 134 Å². The minimum Gasteiger partial charge on any atom is -0.507 e. The lowest BCUT2D eigenvalue weighted by molar-refractivity contribution is -0.818. The number of benzene rings is 4. The van der Waals surface area contributed by atoms with Crippen LogP contribution in [0.15, 0.2) is 177 Å². The second-order valence-electron chi connectivity index (χ2n) is 18.0. The highest BCUT2D eigenvalue weighted by molar-refractivity contribution is 8.14. The van der Waals surface area contributed by atoms with E-state index in [1.54, 1.807) is 23.4 Å². The number of hydrogen-bond acceptors (Lipinski definition) is 11. The van der Waals surface area contributed by atoms with Gasteiger partial charge in [-0.2, -0.15) is 0 Å². The van der Waals surface area contributed by atoms with Crippen LogP contribution in [0, 0.1) is 28.2 Å². The number of nitrogens with zero attached hydrogens (tertiary/aromatic N) is 5. The number of aliphatic hydroxyl groups is 1. The topological polar surface area (TPSA) is 148 Å². The van der Waals surface area contributed by atoms with E-state index in [4.69, 9.17) is 0 Å². The van der Waals surface area contributed by atoms with Crippen LogP contribution in [0.25, 0.3) is 5.76 Å². The summed E-state index contributed by atoms with van der Waals surface area (Å²) in [5.74, 6) is 3.69. The second kappa shape index (κ2) is 31.3. The van der Waals surface area contributed by atoms with Gasteiger partial charge in [0.15, 0.2) is 16.4 Å². The van der Waals surface area contributed by atoms with Crippen molar-refractivity contribution < 1.29 is 14.8 Å². The van der Waals surface area contributed by atoms with Crippen LogP contribution in [0.5, 0.6) is 0 Å². The van der Waals surface area contributed by atoms with E-state index >= 15 is 0 Å². The van der Waals surface area contributed by atoms with E-state index in [9.17, 15) is 14.7 Å². The first-order valence-corrected chi connectivity index (χ1v) is 26.3. The molecule has 5 aliphatic rings. The molecule has 0 saturated carbocycles. The number of pyridine rings is 1. The van der Waals surface area contributed by atoms with Crippen molar-refractivity contribution in [1.29, 1.82) is 0 Å². The summed E-state index contributed by atoms with van der Waals surface area (Å²) in [5.41, 5.74) is 10.5. The molecule has 0 bridgehead atoms. The molecule has 0 spiro atoms. The van der Waals surface area contributed by atoms with Crippen molar-refractivity contribution in [3.05, 3.63) is 208 Å². The van der Waals surface area contributed by atoms with Crippen molar-refractivity contribution in [2.75, 3.05) is 68.0 Å². The highest BCUT2D eigenvalue weighted by atomic mass is 32.2. The Morgan fingerprint density at radius 2 is 1.39 bits per heavy atom. The lowest BCUT2D eigenvalue weighted by Gasteiger charge is -2.33. The molecule has 1 unspecified atom stereocenters. The van der Waals surface area contributed by atoms with Gasteiger partial charge in [0, 0.05) is 74.0 Å². The predicted octanol–water partition coefficient (Wildman–Crippen LogP) is 11.0. The van der Waals surface area contributed by atoms with Crippen LogP contribution in [0.1, 0.15) is 66.0 Å². The van der Waals surface area contributed by atoms with E-state index in [-0.39, 0.29) is 24.4 Å². The number of para-hydroxylation sites is 3. The number of carbonyl (C=O) groups excluding carboxylic acids is 1. The molecule has 12 nitrogen and oxygen atoms in total. The number of amidine groups is 1. The van der Waals surface area contributed by atoms with Crippen LogP contribution in [0.2, 0.25) is 0 Å². The van der Waals surface area contributed by atoms with Crippen molar-refractivity contribution in [3.63, 3.8) is 0 Å². The van der Waals surface area contributed by atoms with Crippen LogP contribution >= 0.6 is 11.8 Å². The number of nitrogens with one attached hydrogen (secondary N) is 4. The van der Waals surface area contributed by atoms with Crippen molar-refractivity contribution in [1.82, 2.24) is 9.88 Å². The third kappa shape index (κ3) is 18.6. The number of anilines is 3. The predicted molar refractivity (Wildman–Crippen MR) is 314 cm³/mol. The lowest BCUT2D eigenvalue weighted by Crippen LogP contribution is -3.18. The molecule has 0 amide bonds. The van der Waals surface area contributed by atoms with Crippen LogP contribution in [-0.4, -0.2) is 90.3 Å². The van der Waals surface area contributed by atoms with Crippen LogP contribution in [-0.2, 0) is 17.6 Å². The SMILES string of the molecule is C(=Nc1ccccc1)Nc1ccccc1.CC(=O)C1=C(O)c2ccccc2CC1.CN1CCC[NH+]2CCCN=C12.Cc1cccc(C)c1NC1=NCCCS1.Cc1cccccc1=O.[CH3-].c1cnc2c(c1)CCN2. The van der Waals surface area contributed by atoms with Gasteiger partial charge < -0.3 is 33.4 Å². The first-order valence-electron chi connectivity index (χ1n) is 25.3. The fourth-order valence-electron chi connectivity index (χ4n) is 8.44. The Morgan fingerprint density at radius 3 is 2.09 bits per heavy atom. The number of carbonyl (C=O) groups is 1. The zero-order valence-corrected chi connectivity index (χ0v) is 44.9. The summed E-state index contributed by atoms with van der Waals surface area (Å²) in [6.45, 7) is 14.4. The fraction of sp³-hybridized carbons (Fsp3) is 0.295. The summed E-state index contributed by atoms with van der Waals surface area (Å²) >= 11 is 1.81. The van der Waals surface area contributed by atoms with E-state index in [0.29, 0.717) is 12.0 Å². The molecule has 1 atom stereocenters. The van der Waals surface area contributed by atoms with Gasteiger partial charge in [-0.15, -0.1) is 0 Å². The largest absolute Gasteiger partial charge is 0.507 e. The van der Waals surface area contributed by atoms with E-state index < -0.39 is 0 Å². The molecule has 5 aromatic carbocycles. The smallest absolute Gasteiger partial charge is 0.298 e. The Bertz CT molecular complexity index is 2830. The molecule has 13 heteroatoms. The summed E-state index contributed by atoms with van der Waals surface area (Å²) < 4.78 is 0. The number of allylic oxidation sites excluding steroid dienone is 1. The third-order valence-electron chi connectivity index (χ3n) is 12.4. The van der Waals surface area contributed by atoms with Gasteiger partial charge in [-0.3, -0.25) is 19.5 Å². The number of rotatable bonds is 5. The van der Waals surface area contributed by atoms with E-state index in [2.05, 4.69) is 86.0 Å². The van der Waals surface area contributed by atoms with Crippen LogP contribution in [0.3, 0.4) is 0 Å². The molecule has 388 valence electrons. The Balaban J connectivity index is 0.000000166. The van der Waals surface area contributed by atoms with Gasteiger partial charge in [0.25, 0.3) is 5.96 Å². The van der Waals surface area contributed by atoms with Crippen molar-refractivity contribution >= 4 is 63.7 Å². The van der Waals surface area contributed by atoms with Gasteiger partial charge in [0.05, 0.1) is 31.7 Å². The summed E-state index contributed by atoms with van der Waals surface area (Å²) in [4.78, 5) is 43.4. The highest BCUT2D eigenvalue weighted by Crippen LogP contribution is 2.29. The molecule has 1 fully saturated rings. The van der Waals surface area contributed by atoms with Gasteiger partial charge >= 0.3 is 0 Å². The zero-order valence-electron chi connectivity index (χ0n) is 44.1. The molecule has 1 saturated heterocycles. The average Bonchev–Trinajstić information content (AvgIpc) is 3.83. The molecule has 1 aromatic heterocycles. The molecule has 0 radical (unpaired) electrons. The van der Waals surface area contributed by atoms with E-state index in [1.165, 1.54) is 79.9 Å². The molecular formula is C61H75N9O3S. The number of aliphatic imine (C=N–C) groups is 3. The molecule has 1 aliphatic carbocycles. The number of hydrogen-bond donors (Lipinski definition) is 5. The zero-order chi connectivity index (χ0) is 51.6. The molecular weight excluding hydrogens is 939 g/mol. The summed E-state index contributed by atoms with van der Waals surface area (Å²) in [7, 11) is 2.16. The maximum Gasteiger partial charge on any atom is 0.298 e. The van der Waals surface area contributed by atoms with Gasteiger partial charge in [-0.25, -0.2) is 15.0 Å². The van der Waals surface area contributed by atoms with Crippen molar-refractivity contribution in [2.45, 2.75) is 66.2 Å². The third-order valence-corrected chi connectivity index (χ3v) is 13.4. The Kier molecular flexibility index (Phi) is 24.3. The number of ketones is 1. The number of aryl methyl sites for hydroxylation is 4. The highest BCUT2D eigenvalue weighted by Gasteiger charge is 2.28. The summed E-state index contributed by atoms with van der Waals surface area (Å²) in [6.07, 6.45) is 9.93. The number of Topliss-reactive ketones (excluding diaryl/α,β-unsaturated/α-hetero) is 1. The molecule has 5 N–H and O–H groups in total. The first-order chi connectivity index (χ1) is 35.6. The van der Waals surface area contributed by atoms with Gasteiger partial charge in [0.1, 0.15) is 11.6 Å². The quantitative estimate of drug-likeness (QED) is 0.0647. The van der Waals surface area contributed by atoms with Gasteiger partial charge in [-0.1, -0.05) is 121 Å². The van der Waals surface area contributed by atoms with Gasteiger partial charge in [0.2, 0.25) is 0 Å². The minimum atomic E-state index is -0.0306. The average molecular weight is 1010 g/mol. The first kappa shape index (κ1) is 57.5. The normalized spacial score (nSPS) is 15.7. The number of quaternary nitrogens is 1. The standard InChI is InChI=1S/C13H12N2.C12H16N2S.C12H12O2.C8H15N3.C8H8O.C7H8N2.CH3/c1-3-7-12(8-4-1)14-11-15-13-9-5-2-6-10-13;1-9-5-3-6-10(2)11(9)14-12-13-7-4-8-15-12;1-8(13)10-7-6-9-4-2-3-5-11(9)12(10)14;1-10-5-3-7-11-6-2-4-9-8(10)11;1-7-5-3-2-4-6-8(7)9;1-2-6-3-5-9-7(6)8-4-1;/h1-11H,(H,14,15);3,5-6H,4,7-8H2,1-2H3,(H,13,14);2-5,14H,6-7H2,1H3;2-7H2,1H3;2-6H,1H3;1-2,4H,3,5H2,(H,8,9);1H3/q;;;;;;-1/p+1. The lowest BCUT2D eigenvalue weighted by atomic mass is 9.89. The number of fused-ring (bicyclic) bond motifs is 3. The Morgan fingerprint density at radius 1 is 0.743 bits per heavy atom. The monoisotopic (exact) mass is 1010 g/mol. The number of aliphatic hydroxyl groups excluding tert-OH is 1. The van der Waals surface area contributed by atoms with Crippen LogP contribution < -0.4 is 26.3 Å². The Labute approximate surface area is 443 Å². The minimum absolute atomic E-state index is 0. The number of guanidine groups is 1. The second-order valence-corrected chi connectivity index (χ2v) is 19.1.